The molecule has 1 aromatic rings. The van der Waals surface area contributed by atoms with Crippen molar-refractivity contribution in [3.05, 3.63) is 24.3 Å². The van der Waals surface area contributed by atoms with Gasteiger partial charge in [-0.2, -0.15) is 4.31 Å². The Morgan fingerprint density at radius 2 is 1.63 bits per heavy atom. The minimum absolute atomic E-state index is 0.0167. The van der Waals surface area contributed by atoms with Gasteiger partial charge in [0.05, 0.1) is 12.0 Å². The van der Waals surface area contributed by atoms with E-state index in [2.05, 4.69) is 0 Å². The molecular formula is C19H28N2O5S. The summed E-state index contributed by atoms with van der Waals surface area (Å²) in [4.78, 5) is 14.1. The Hall–Kier alpha value is -1.80. The van der Waals surface area contributed by atoms with Gasteiger partial charge >= 0.3 is 6.09 Å². The third-order valence-electron chi connectivity index (χ3n) is 5.18. The molecule has 0 aliphatic carbocycles. The van der Waals surface area contributed by atoms with E-state index < -0.39 is 15.6 Å². The molecule has 0 N–H and O–H groups in total. The number of rotatable bonds is 3. The molecule has 8 heteroatoms. The quantitative estimate of drug-likeness (QED) is 0.785. The van der Waals surface area contributed by atoms with Gasteiger partial charge in [0, 0.05) is 31.6 Å². The highest BCUT2D eigenvalue weighted by Gasteiger charge is 2.49. The van der Waals surface area contributed by atoms with Gasteiger partial charge < -0.3 is 14.4 Å². The van der Waals surface area contributed by atoms with Crippen molar-refractivity contribution >= 4 is 16.1 Å². The molecule has 0 unspecified atom stereocenters. The van der Waals surface area contributed by atoms with Crippen molar-refractivity contribution in [3.63, 3.8) is 0 Å². The SMILES string of the molecule is COc1ccc(S(=O)(=O)N2CCC3(CC2)CN(C(=O)OC(C)(C)C)C3)cc1. The number of nitrogens with zero attached hydrogens (tertiary/aromatic N) is 2. The van der Waals surface area contributed by atoms with Crippen LogP contribution in [0.1, 0.15) is 33.6 Å². The second-order valence-electron chi connectivity index (χ2n) is 8.42. The summed E-state index contributed by atoms with van der Waals surface area (Å²) in [7, 11) is -1.95. The maximum atomic E-state index is 12.8. The fourth-order valence-electron chi connectivity index (χ4n) is 3.63. The van der Waals surface area contributed by atoms with Gasteiger partial charge in [0.25, 0.3) is 0 Å². The van der Waals surface area contributed by atoms with E-state index in [0.29, 0.717) is 31.9 Å². The van der Waals surface area contributed by atoms with Gasteiger partial charge in [-0.05, 0) is 57.9 Å². The average molecular weight is 397 g/mol. The molecule has 2 saturated heterocycles. The molecular weight excluding hydrogens is 368 g/mol. The minimum atomic E-state index is -3.50. The molecule has 1 amide bonds. The first-order chi connectivity index (χ1) is 12.5. The Labute approximate surface area is 161 Å². The number of amides is 1. The second kappa shape index (κ2) is 6.98. The summed E-state index contributed by atoms with van der Waals surface area (Å²) in [5.41, 5.74) is -0.488. The van der Waals surface area contributed by atoms with Crippen LogP contribution in [0, 0.1) is 5.41 Å². The number of sulfonamides is 1. The van der Waals surface area contributed by atoms with Crippen molar-refractivity contribution in [1.82, 2.24) is 9.21 Å². The van der Waals surface area contributed by atoms with Gasteiger partial charge in [0.15, 0.2) is 0 Å². The summed E-state index contributed by atoms with van der Waals surface area (Å²) in [5.74, 6) is 0.628. The van der Waals surface area contributed by atoms with Crippen molar-refractivity contribution < 1.29 is 22.7 Å². The molecule has 2 aliphatic heterocycles. The van der Waals surface area contributed by atoms with Crippen LogP contribution in [0.3, 0.4) is 0 Å². The van der Waals surface area contributed by atoms with Crippen LogP contribution < -0.4 is 4.74 Å². The number of hydrogen-bond donors (Lipinski definition) is 0. The molecule has 0 bridgehead atoms. The highest BCUT2D eigenvalue weighted by molar-refractivity contribution is 7.89. The fourth-order valence-corrected chi connectivity index (χ4v) is 5.07. The van der Waals surface area contributed by atoms with E-state index in [-0.39, 0.29) is 16.4 Å². The maximum Gasteiger partial charge on any atom is 0.410 e. The molecule has 2 heterocycles. The van der Waals surface area contributed by atoms with Crippen molar-refractivity contribution in [1.29, 1.82) is 0 Å². The summed E-state index contributed by atoms with van der Waals surface area (Å²) >= 11 is 0. The number of methoxy groups -OCH3 is 1. The Morgan fingerprint density at radius 3 is 2.11 bits per heavy atom. The Morgan fingerprint density at radius 1 is 1.07 bits per heavy atom. The zero-order valence-electron chi connectivity index (χ0n) is 16.4. The van der Waals surface area contributed by atoms with Gasteiger partial charge in [-0.25, -0.2) is 13.2 Å². The van der Waals surface area contributed by atoms with Crippen molar-refractivity contribution in [2.75, 3.05) is 33.3 Å². The van der Waals surface area contributed by atoms with Crippen LogP contribution in [0.5, 0.6) is 5.75 Å². The van der Waals surface area contributed by atoms with Crippen molar-refractivity contribution in [3.8, 4) is 5.75 Å². The predicted molar refractivity (Wildman–Crippen MR) is 101 cm³/mol. The van der Waals surface area contributed by atoms with Crippen LogP contribution in [0.15, 0.2) is 29.2 Å². The molecule has 7 nitrogen and oxygen atoms in total. The van der Waals surface area contributed by atoms with Crippen LogP contribution in [0.25, 0.3) is 0 Å². The van der Waals surface area contributed by atoms with Gasteiger partial charge in [-0.1, -0.05) is 0 Å². The lowest BCUT2D eigenvalue weighted by Crippen LogP contribution is -2.62. The monoisotopic (exact) mass is 396 g/mol. The molecule has 3 rings (SSSR count). The number of likely N-dealkylation sites (tertiary alicyclic amines) is 1. The van der Waals surface area contributed by atoms with E-state index >= 15 is 0 Å². The standard InChI is InChI=1S/C19H28N2O5S/c1-18(2,3)26-17(22)20-13-19(14-20)9-11-21(12-10-19)27(23,24)16-7-5-15(25-4)6-8-16/h5-8H,9-14H2,1-4H3. The summed E-state index contributed by atoms with van der Waals surface area (Å²) in [6.45, 7) is 7.76. The molecule has 0 aromatic heterocycles. The van der Waals surface area contributed by atoms with E-state index in [9.17, 15) is 13.2 Å². The van der Waals surface area contributed by atoms with E-state index in [1.807, 2.05) is 20.8 Å². The summed E-state index contributed by atoms with van der Waals surface area (Å²) in [5, 5.41) is 0. The Bertz CT molecular complexity index is 782. The predicted octanol–water partition coefficient (Wildman–Crippen LogP) is 2.72. The lowest BCUT2D eigenvalue weighted by atomic mass is 9.72. The van der Waals surface area contributed by atoms with Gasteiger partial charge in [0.1, 0.15) is 11.4 Å². The molecule has 0 saturated carbocycles. The number of piperidine rings is 1. The van der Waals surface area contributed by atoms with Crippen LogP contribution >= 0.6 is 0 Å². The van der Waals surface area contributed by atoms with E-state index in [0.717, 1.165) is 12.8 Å². The number of carbonyl (C=O) groups excluding carboxylic acids is 1. The van der Waals surface area contributed by atoms with E-state index in [4.69, 9.17) is 9.47 Å². The Balaban J connectivity index is 1.57. The third kappa shape index (κ3) is 4.21. The maximum absolute atomic E-state index is 12.8. The van der Waals surface area contributed by atoms with Crippen LogP contribution in [-0.4, -0.2) is 62.6 Å². The second-order valence-corrected chi connectivity index (χ2v) is 10.4. The normalized spacial score (nSPS) is 20.2. The lowest BCUT2D eigenvalue weighted by molar-refractivity contribution is -0.0521. The fraction of sp³-hybridized carbons (Fsp3) is 0.632. The molecule has 150 valence electrons. The smallest absolute Gasteiger partial charge is 0.410 e. The molecule has 1 aromatic carbocycles. The van der Waals surface area contributed by atoms with E-state index in [1.54, 1.807) is 36.3 Å². The van der Waals surface area contributed by atoms with Crippen molar-refractivity contribution in [2.24, 2.45) is 5.41 Å². The molecule has 2 aliphatic rings. The summed E-state index contributed by atoms with van der Waals surface area (Å²) in [6.07, 6.45) is 1.21. The number of ether oxygens (including phenoxy) is 2. The lowest BCUT2D eigenvalue weighted by Gasteiger charge is -2.53. The van der Waals surface area contributed by atoms with Crippen molar-refractivity contribution in [2.45, 2.75) is 44.1 Å². The highest BCUT2D eigenvalue weighted by atomic mass is 32.2. The number of benzene rings is 1. The van der Waals surface area contributed by atoms with Gasteiger partial charge in [0.2, 0.25) is 10.0 Å². The van der Waals surface area contributed by atoms with Crippen LogP contribution in [-0.2, 0) is 14.8 Å². The minimum Gasteiger partial charge on any atom is -0.497 e. The summed E-state index contributed by atoms with van der Waals surface area (Å²) < 4.78 is 37.7. The largest absolute Gasteiger partial charge is 0.497 e. The zero-order chi connectivity index (χ0) is 19.9. The first-order valence-corrected chi connectivity index (χ1v) is 10.6. The van der Waals surface area contributed by atoms with E-state index in [1.165, 1.54) is 4.31 Å². The average Bonchev–Trinajstić information content (AvgIpc) is 2.58. The molecule has 27 heavy (non-hydrogen) atoms. The summed E-state index contributed by atoms with van der Waals surface area (Å²) in [6, 6.07) is 6.46. The Kier molecular flexibility index (Phi) is 5.16. The number of carbonyl (C=O) groups is 1. The highest BCUT2D eigenvalue weighted by Crippen LogP contribution is 2.42. The topological polar surface area (TPSA) is 76.2 Å². The van der Waals surface area contributed by atoms with Gasteiger partial charge in [-0.3, -0.25) is 0 Å². The van der Waals surface area contributed by atoms with Crippen LogP contribution in [0.2, 0.25) is 0 Å². The first-order valence-electron chi connectivity index (χ1n) is 9.17. The first kappa shape index (κ1) is 19.9. The third-order valence-corrected chi connectivity index (χ3v) is 7.10. The molecule has 2 fully saturated rings. The number of hydrogen-bond acceptors (Lipinski definition) is 5. The molecule has 0 radical (unpaired) electrons. The molecule has 0 atom stereocenters. The zero-order valence-corrected chi connectivity index (χ0v) is 17.2. The van der Waals surface area contributed by atoms with Gasteiger partial charge in [-0.15, -0.1) is 0 Å². The molecule has 1 spiro atoms. The van der Waals surface area contributed by atoms with Crippen LogP contribution in [0.4, 0.5) is 4.79 Å².